The summed E-state index contributed by atoms with van der Waals surface area (Å²) in [6.45, 7) is 4.11. The number of hydrogen-bond donors (Lipinski definition) is 1. The molecule has 3 nitrogen and oxygen atoms in total. The minimum Gasteiger partial charge on any atom is -0.486 e. The monoisotopic (exact) mass is 309 g/mol. The lowest BCUT2D eigenvalue weighted by molar-refractivity contribution is 0.171. The normalized spacial score (nSPS) is 15.1. The van der Waals surface area contributed by atoms with Crippen LogP contribution in [0.5, 0.6) is 11.5 Å². The molecule has 1 aromatic heterocycles. The summed E-state index contributed by atoms with van der Waals surface area (Å²) >= 11 is 8.12. The van der Waals surface area contributed by atoms with Crippen molar-refractivity contribution >= 4 is 22.9 Å². The highest BCUT2D eigenvalue weighted by atomic mass is 35.5. The van der Waals surface area contributed by atoms with Gasteiger partial charge in [0.2, 0.25) is 0 Å². The second-order valence-electron chi connectivity index (χ2n) is 4.56. The minimum absolute atomic E-state index is 0.0783. The predicted molar refractivity (Wildman–Crippen MR) is 82.3 cm³/mol. The molecule has 1 N–H and O–H groups in total. The van der Waals surface area contributed by atoms with E-state index in [9.17, 15) is 0 Å². The van der Waals surface area contributed by atoms with Gasteiger partial charge in [-0.1, -0.05) is 18.5 Å². The Kier molecular flexibility index (Phi) is 4.15. The van der Waals surface area contributed by atoms with E-state index in [2.05, 4.69) is 29.1 Å². The Hall–Kier alpha value is -1.23. The van der Waals surface area contributed by atoms with Crippen molar-refractivity contribution in [2.45, 2.75) is 13.0 Å². The summed E-state index contributed by atoms with van der Waals surface area (Å²) in [5.74, 6) is 1.50. The maximum atomic E-state index is 6.44. The van der Waals surface area contributed by atoms with Crippen LogP contribution in [0.25, 0.3) is 0 Å². The first-order valence-corrected chi connectivity index (χ1v) is 7.96. The molecule has 0 radical (unpaired) electrons. The number of nitrogens with one attached hydrogen (secondary N) is 1. The third kappa shape index (κ3) is 2.64. The lowest BCUT2D eigenvalue weighted by atomic mass is 10.0. The predicted octanol–water partition coefficient (Wildman–Crippen LogP) is 3.87. The van der Waals surface area contributed by atoms with Crippen molar-refractivity contribution in [2.24, 2.45) is 0 Å². The first kappa shape index (κ1) is 13.7. The van der Waals surface area contributed by atoms with Crippen molar-refractivity contribution in [1.29, 1.82) is 0 Å². The van der Waals surface area contributed by atoms with Crippen LogP contribution in [0.4, 0.5) is 0 Å². The van der Waals surface area contributed by atoms with Gasteiger partial charge in [0, 0.05) is 11.1 Å². The molecule has 0 fully saturated rings. The molecule has 0 aliphatic carbocycles. The summed E-state index contributed by atoms with van der Waals surface area (Å²) in [5, 5.41) is 8.39. The largest absolute Gasteiger partial charge is 0.486 e. The van der Waals surface area contributed by atoms with Crippen molar-refractivity contribution in [3.63, 3.8) is 0 Å². The molecule has 1 aliphatic rings. The van der Waals surface area contributed by atoms with Gasteiger partial charge in [0.15, 0.2) is 11.5 Å². The highest BCUT2D eigenvalue weighted by molar-refractivity contribution is 7.08. The summed E-state index contributed by atoms with van der Waals surface area (Å²) < 4.78 is 11.2. The van der Waals surface area contributed by atoms with Crippen molar-refractivity contribution in [1.82, 2.24) is 5.32 Å². The summed E-state index contributed by atoms with van der Waals surface area (Å²) in [4.78, 5) is 0. The summed E-state index contributed by atoms with van der Waals surface area (Å²) in [5.41, 5.74) is 2.24. The van der Waals surface area contributed by atoms with Crippen LogP contribution in [0, 0.1) is 0 Å². The topological polar surface area (TPSA) is 30.5 Å². The fourth-order valence-electron chi connectivity index (χ4n) is 2.35. The minimum atomic E-state index is 0.0783. The van der Waals surface area contributed by atoms with Crippen LogP contribution in [0.2, 0.25) is 5.02 Å². The molecule has 0 spiro atoms. The van der Waals surface area contributed by atoms with Gasteiger partial charge >= 0.3 is 0 Å². The molecular formula is C15H16ClNO2S. The van der Waals surface area contributed by atoms with Gasteiger partial charge in [-0.2, -0.15) is 11.3 Å². The van der Waals surface area contributed by atoms with Gasteiger partial charge in [-0.25, -0.2) is 0 Å². The first-order valence-electron chi connectivity index (χ1n) is 6.64. The molecule has 2 heterocycles. The van der Waals surface area contributed by atoms with Gasteiger partial charge in [0.1, 0.15) is 13.2 Å². The average Bonchev–Trinajstić information content (AvgIpc) is 2.98. The maximum Gasteiger partial charge on any atom is 0.162 e. The SMILES string of the molecule is CCNC(c1ccsc1)c1cc2c(cc1Cl)OCCO2. The van der Waals surface area contributed by atoms with E-state index in [4.69, 9.17) is 21.1 Å². The summed E-state index contributed by atoms with van der Waals surface area (Å²) in [6, 6.07) is 6.03. The van der Waals surface area contributed by atoms with Gasteiger partial charge in [0.25, 0.3) is 0 Å². The van der Waals surface area contributed by atoms with E-state index < -0.39 is 0 Å². The van der Waals surface area contributed by atoms with Gasteiger partial charge in [0.05, 0.1) is 6.04 Å². The second kappa shape index (κ2) is 6.04. The number of rotatable bonds is 4. The zero-order valence-electron chi connectivity index (χ0n) is 11.2. The van der Waals surface area contributed by atoms with Crippen LogP contribution < -0.4 is 14.8 Å². The molecular weight excluding hydrogens is 294 g/mol. The van der Waals surface area contributed by atoms with Crippen LogP contribution in [-0.2, 0) is 0 Å². The van der Waals surface area contributed by atoms with Gasteiger partial charge in [-0.05, 0) is 40.6 Å². The van der Waals surface area contributed by atoms with Crippen molar-refractivity contribution in [2.75, 3.05) is 19.8 Å². The molecule has 20 heavy (non-hydrogen) atoms. The molecule has 0 amide bonds. The summed E-state index contributed by atoms with van der Waals surface area (Å²) in [6.07, 6.45) is 0. The quantitative estimate of drug-likeness (QED) is 0.930. The summed E-state index contributed by atoms with van der Waals surface area (Å²) in [7, 11) is 0. The number of benzene rings is 1. The van der Waals surface area contributed by atoms with E-state index in [-0.39, 0.29) is 6.04 Å². The Balaban J connectivity index is 2.02. The molecule has 0 saturated heterocycles. The standard InChI is InChI=1S/C15H16ClNO2S/c1-2-17-15(10-3-6-20-9-10)11-7-13-14(8-12(11)16)19-5-4-18-13/h3,6-9,15,17H,2,4-5H2,1H3. The van der Waals surface area contributed by atoms with Crippen LogP contribution in [0.3, 0.4) is 0 Å². The highest BCUT2D eigenvalue weighted by Gasteiger charge is 2.21. The molecule has 106 valence electrons. The molecule has 2 aromatic rings. The first-order chi connectivity index (χ1) is 9.79. The number of ether oxygens (including phenoxy) is 2. The Morgan fingerprint density at radius 1 is 1.30 bits per heavy atom. The average molecular weight is 310 g/mol. The molecule has 1 unspecified atom stereocenters. The van der Waals surface area contributed by atoms with Crippen molar-refractivity contribution < 1.29 is 9.47 Å². The zero-order valence-corrected chi connectivity index (χ0v) is 12.8. The van der Waals surface area contributed by atoms with E-state index in [1.54, 1.807) is 11.3 Å². The number of halogens is 1. The smallest absolute Gasteiger partial charge is 0.162 e. The second-order valence-corrected chi connectivity index (χ2v) is 5.75. The Morgan fingerprint density at radius 2 is 2.05 bits per heavy atom. The van der Waals surface area contributed by atoms with Gasteiger partial charge in [-0.15, -0.1) is 0 Å². The maximum absolute atomic E-state index is 6.44. The Labute approximate surface area is 127 Å². The van der Waals surface area contributed by atoms with E-state index in [0.717, 1.165) is 23.6 Å². The molecule has 5 heteroatoms. The number of thiophene rings is 1. The lowest BCUT2D eigenvalue weighted by Crippen LogP contribution is -2.22. The third-order valence-electron chi connectivity index (χ3n) is 3.26. The van der Waals surface area contributed by atoms with E-state index in [1.165, 1.54) is 5.56 Å². The van der Waals surface area contributed by atoms with Crippen LogP contribution >= 0.6 is 22.9 Å². The fraction of sp³-hybridized carbons (Fsp3) is 0.333. The third-order valence-corrected chi connectivity index (χ3v) is 4.29. The molecule has 1 aliphatic heterocycles. The van der Waals surface area contributed by atoms with Gasteiger partial charge in [-0.3, -0.25) is 0 Å². The highest BCUT2D eigenvalue weighted by Crippen LogP contribution is 2.39. The Bertz CT molecular complexity index is 586. The zero-order chi connectivity index (χ0) is 13.9. The van der Waals surface area contributed by atoms with Crippen molar-refractivity contribution in [3.05, 3.63) is 45.1 Å². The van der Waals surface area contributed by atoms with Gasteiger partial charge < -0.3 is 14.8 Å². The Morgan fingerprint density at radius 3 is 2.70 bits per heavy atom. The van der Waals surface area contributed by atoms with E-state index in [0.29, 0.717) is 18.2 Å². The number of fused-ring (bicyclic) bond motifs is 1. The van der Waals surface area contributed by atoms with E-state index in [1.807, 2.05) is 12.1 Å². The molecule has 3 rings (SSSR count). The van der Waals surface area contributed by atoms with Crippen LogP contribution in [-0.4, -0.2) is 19.8 Å². The van der Waals surface area contributed by atoms with Crippen molar-refractivity contribution in [3.8, 4) is 11.5 Å². The molecule has 1 atom stereocenters. The van der Waals surface area contributed by atoms with Crippen LogP contribution in [0.15, 0.2) is 29.0 Å². The lowest BCUT2D eigenvalue weighted by Gasteiger charge is -2.23. The fourth-order valence-corrected chi connectivity index (χ4v) is 3.30. The van der Waals surface area contributed by atoms with Crippen LogP contribution in [0.1, 0.15) is 24.1 Å². The van der Waals surface area contributed by atoms with E-state index >= 15 is 0 Å². The molecule has 0 bridgehead atoms. The molecule has 0 saturated carbocycles. The number of hydrogen-bond acceptors (Lipinski definition) is 4. The molecule has 1 aromatic carbocycles.